The van der Waals surface area contributed by atoms with Crippen LogP contribution in [-0.2, 0) is 9.59 Å². The first-order valence-corrected chi connectivity index (χ1v) is 7.16. The molecule has 0 aliphatic carbocycles. The number of hydrogen-bond donors (Lipinski definition) is 1. The highest BCUT2D eigenvalue weighted by Gasteiger charge is 2.23. The molecule has 1 amide bonds. The van der Waals surface area contributed by atoms with Crippen LogP contribution in [0.15, 0.2) is 18.2 Å². The molecule has 1 N–H and O–H groups in total. The molecule has 0 aliphatic heterocycles. The van der Waals surface area contributed by atoms with Crippen LogP contribution in [0.1, 0.15) is 25.8 Å². The average molecular weight is 314 g/mol. The fraction of sp³-hybridized carbons (Fsp3) is 0.467. The van der Waals surface area contributed by atoms with Gasteiger partial charge in [-0.25, -0.2) is 0 Å². The zero-order chi connectivity index (χ0) is 16.0. The zero-order valence-corrected chi connectivity index (χ0v) is 13.2. The number of halogens is 1. The molecule has 1 aromatic rings. The second-order valence-corrected chi connectivity index (χ2v) is 5.26. The van der Waals surface area contributed by atoms with Crippen molar-refractivity contribution in [3.05, 3.63) is 28.8 Å². The van der Waals surface area contributed by atoms with E-state index in [1.807, 2.05) is 13.8 Å². The maximum atomic E-state index is 12.3. The van der Waals surface area contributed by atoms with E-state index in [-0.39, 0.29) is 12.5 Å². The van der Waals surface area contributed by atoms with Gasteiger partial charge in [-0.05, 0) is 44.0 Å². The lowest BCUT2D eigenvalue weighted by atomic mass is 10.2. The normalized spacial score (nSPS) is 11.8. The molecule has 1 rings (SSSR count). The number of nitrogens with zero attached hydrogens (tertiary/aromatic N) is 1. The van der Waals surface area contributed by atoms with E-state index in [1.165, 1.54) is 4.90 Å². The van der Waals surface area contributed by atoms with Crippen molar-refractivity contribution in [1.82, 2.24) is 4.90 Å². The zero-order valence-electron chi connectivity index (χ0n) is 12.4. The number of carboxylic acid groups (broad SMARTS) is 1. The topological polar surface area (TPSA) is 66.8 Å². The molecular weight excluding hydrogens is 294 g/mol. The number of amides is 1. The van der Waals surface area contributed by atoms with Crippen LogP contribution in [0.5, 0.6) is 5.75 Å². The maximum absolute atomic E-state index is 12.3. The molecule has 0 fully saturated rings. The SMILES string of the molecule is CCCN(CC(=O)O)C(=O)C(C)Oc1ccc(Cl)cc1C. The monoisotopic (exact) mass is 313 g/mol. The molecule has 21 heavy (non-hydrogen) atoms. The Morgan fingerprint density at radius 3 is 2.62 bits per heavy atom. The predicted molar refractivity (Wildman–Crippen MR) is 80.8 cm³/mol. The third-order valence-corrected chi connectivity index (χ3v) is 3.15. The van der Waals surface area contributed by atoms with Gasteiger partial charge in [-0.1, -0.05) is 18.5 Å². The summed E-state index contributed by atoms with van der Waals surface area (Å²) in [6.07, 6.45) is -0.0677. The molecule has 0 aliphatic rings. The predicted octanol–water partition coefficient (Wildman–Crippen LogP) is 2.74. The first-order chi connectivity index (χ1) is 9.85. The van der Waals surface area contributed by atoms with Crippen LogP contribution in [-0.4, -0.2) is 41.1 Å². The summed E-state index contributed by atoms with van der Waals surface area (Å²) in [6.45, 7) is 5.40. The van der Waals surface area contributed by atoms with E-state index >= 15 is 0 Å². The molecule has 1 aromatic carbocycles. The van der Waals surface area contributed by atoms with Crippen LogP contribution in [0.4, 0.5) is 0 Å². The Labute approximate surface area is 129 Å². The van der Waals surface area contributed by atoms with E-state index in [2.05, 4.69) is 0 Å². The lowest BCUT2D eigenvalue weighted by molar-refractivity contribution is -0.147. The largest absolute Gasteiger partial charge is 0.481 e. The number of aryl methyl sites for hydroxylation is 1. The van der Waals surface area contributed by atoms with E-state index in [0.717, 1.165) is 5.56 Å². The third-order valence-electron chi connectivity index (χ3n) is 2.92. The second-order valence-electron chi connectivity index (χ2n) is 4.82. The number of carbonyl (C=O) groups is 2. The summed E-state index contributed by atoms with van der Waals surface area (Å²) >= 11 is 5.87. The van der Waals surface area contributed by atoms with Gasteiger partial charge in [0.25, 0.3) is 5.91 Å². The number of rotatable bonds is 7. The number of carboxylic acids is 1. The Kier molecular flexibility index (Phi) is 6.49. The van der Waals surface area contributed by atoms with Gasteiger partial charge in [-0.2, -0.15) is 0 Å². The molecule has 6 heteroatoms. The van der Waals surface area contributed by atoms with E-state index in [4.69, 9.17) is 21.4 Å². The van der Waals surface area contributed by atoms with Crippen molar-refractivity contribution in [1.29, 1.82) is 0 Å². The first kappa shape index (κ1) is 17.3. The molecule has 116 valence electrons. The molecule has 0 radical (unpaired) electrons. The number of hydrogen-bond acceptors (Lipinski definition) is 3. The van der Waals surface area contributed by atoms with Crippen LogP contribution >= 0.6 is 11.6 Å². The molecule has 0 saturated carbocycles. The number of ether oxygens (including phenoxy) is 1. The van der Waals surface area contributed by atoms with Crippen molar-refractivity contribution in [2.75, 3.05) is 13.1 Å². The minimum atomic E-state index is -1.04. The lowest BCUT2D eigenvalue weighted by Crippen LogP contribution is -2.43. The highest BCUT2D eigenvalue weighted by atomic mass is 35.5. The van der Waals surface area contributed by atoms with Gasteiger partial charge < -0.3 is 14.7 Å². The van der Waals surface area contributed by atoms with Crippen LogP contribution in [0, 0.1) is 6.92 Å². The smallest absolute Gasteiger partial charge is 0.323 e. The summed E-state index contributed by atoms with van der Waals surface area (Å²) in [5.74, 6) is -0.813. The van der Waals surface area contributed by atoms with Gasteiger partial charge in [0, 0.05) is 11.6 Å². The minimum absolute atomic E-state index is 0.319. The third kappa shape index (κ3) is 5.27. The quantitative estimate of drug-likeness (QED) is 0.840. The Bertz CT molecular complexity index is 518. The maximum Gasteiger partial charge on any atom is 0.323 e. The van der Waals surface area contributed by atoms with E-state index in [0.29, 0.717) is 23.7 Å². The fourth-order valence-corrected chi connectivity index (χ4v) is 2.17. The molecule has 0 bridgehead atoms. The molecule has 1 unspecified atom stereocenters. The van der Waals surface area contributed by atoms with Gasteiger partial charge in [0.05, 0.1) is 0 Å². The van der Waals surface area contributed by atoms with Crippen LogP contribution in [0.2, 0.25) is 5.02 Å². The Morgan fingerprint density at radius 2 is 2.10 bits per heavy atom. The Balaban J connectivity index is 2.78. The number of carbonyl (C=O) groups excluding carboxylic acids is 1. The van der Waals surface area contributed by atoms with Crippen LogP contribution in [0.25, 0.3) is 0 Å². The van der Waals surface area contributed by atoms with Gasteiger partial charge in [0.2, 0.25) is 0 Å². The summed E-state index contributed by atoms with van der Waals surface area (Å²) in [5, 5.41) is 9.45. The summed E-state index contributed by atoms with van der Waals surface area (Å²) in [7, 11) is 0. The van der Waals surface area contributed by atoms with Gasteiger partial charge in [0.15, 0.2) is 6.10 Å². The molecular formula is C15H20ClNO4. The van der Waals surface area contributed by atoms with Crippen molar-refractivity contribution in [3.8, 4) is 5.75 Å². The lowest BCUT2D eigenvalue weighted by Gasteiger charge is -2.24. The first-order valence-electron chi connectivity index (χ1n) is 6.78. The summed E-state index contributed by atoms with van der Waals surface area (Å²) in [5.41, 5.74) is 0.822. The Hall–Kier alpha value is -1.75. The van der Waals surface area contributed by atoms with Crippen molar-refractivity contribution in [2.45, 2.75) is 33.3 Å². The minimum Gasteiger partial charge on any atom is -0.481 e. The van der Waals surface area contributed by atoms with E-state index in [1.54, 1.807) is 25.1 Å². The van der Waals surface area contributed by atoms with E-state index in [9.17, 15) is 9.59 Å². The van der Waals surface area contributed by atoms with Gasteiger partial charge in [0.1, 0.15) is 12.3 Å². The van der Waals surface area contributed by atoms with Gasteiger partial charge in [-0.3, -0.25) is 9.59 Å². The number of aliphatic carboxylic acids is 1. The molecule has 0 aromatic heterocycles. The second kappa shape index (κ2) is 7.88. The van der Waals surface area contributed by atoms with Crippen molar-refractivity contribution in [3.63, 3.8) is 0 Å². The molecule has 0 spiro atoms. The van der Waals surface area contributed by atoms with Crippen LogP contribution < -0.4 is 4.74 Å². The van der Waals surface area contributed by atoms with Crippen molar-refractivity contribution in [2.24, 2.45) is 0 Å². The van der Waals surface area contributed by atoms with Crippen LogP contribution in [0.3, 0.4) is 0 Å². The van der Waals surface area contributed by atoms with Crippen molar-refractivity contribution >= 4 is 23.5 Å². The van der Waals surface area contributed by atoms with Gasteiger partial charge in [-0.15, -0.1) is 0 Å². The summed E-state index contributed by atoms with van der Waals surface area (Å²) in [4.78, 5) is 24.4. The highest BCUT2D eigenvalue weighted by molar-refractivity contribution is 6.30. The van der Waals surface area contributed by atoms with Crippen molar-refractivity contribution < 1.29 is 19.4 Å². The average Bonchev–Trinajstić information content (AvgIpc) is 2.40. The summed E-state index contributed by atoms with van der Waals surface area (Å²) < 4.78 is 5.63. The van der Waals surface area contributed by atoms with E-state index < -0.39 is 12.1 Å². The fourth-order valence-electron chi connectivity index (χ4n) is 1.94. The highest BCUT2D eigenvalue weighted by Crippen LogP contribution is 2.23. The molecule has 0 heterocycles. The summed E-state index contributed by atoms with van der Waals surface area (Å²) in [6, 6.07) is 5.13. The van der Waals surface area contributed by atoms with Gasteiger partial charge >= 0.3 is 5.97 Å². The molecule has 1 atom stereocenters. The standard InChI is InChI=1S/C15H20ClNO4/c1-4-7-17(9-14(18)19)15(20)11(3)21-13-6-5-12(16)8-10(13)2/h5-6,8,11H,4,7,9H2,1-3H3,(H,18,19). The Morgan fingerprint density at radius 1 is 1.43 bits per heavy atom. The molecule has 5 nitrogen and oxygen atoms in total. The number of benzene rings is 1. The molecule has 0 saturated heterocycles.